The van der Waals surface area contributed by atoms with Crippen molar-refractivity contribution in [1.82, 2.24) is 0 Å². The zero-order valence-electron chi connectivity index (χ0n) is 12.8. The van der Waals surface area contributed by atoms with Crippen LogP contribution in [-0.2, 0) is 10.7 Å². The lowest BCUT2D eigenvalue weighted by atomic mass is 9.85. The minimum Gasteiger partial charge on any atom is -0.455 e. The maximum absolute atomic E-state index is 6.31. The van der Waals surface area contributed by atoms with Crippen molar-refractivity contribution in [3.8, 4) is 11.5 Å². The maximum Gasteiger partial charge on any atom is 0.146 e. The normalized spacial score (nSPS) is 11.5. The third-order valence-corrected chi connectivity index (χ3v) is 4.26. The third-order valence-electron chi connectivity index (χ3n) is 3.31. The molecule has 112 valence electrons. The van der Waals surface area contributed by atoms with Crippen LogP contribution in [0.3, 0.4) is 0 Å². The number of rotatable bonds is 3. The number of halogens is 2. The molecule has 0 aromatic heterocycles. The van der Waals surface area contributed by atoms with E-state index in [4.69, 9.17) is 16.3 Å². The highest BCUT2D eigenvalue weighted by atomic mass is 79.9. The predicted octanol–water partition coefficient (Wildman–Crippen LogP) is 6.63. The van der Waals surface area contributed by atoms with Gasteiger partial charge in [-0.3, -0.25) is 0 Å². The SMILES string of the molecule is Cc1ccc(Oc2ccc(CBr)cc2Cl)c(C(C)(C)C)c1. The molecule has 2 aromatic rings. The van der Waals surface area contributed by atoms with Crippen molar-refractivity contribution >= 4 is 27.5 Å². The molecule has 0 radical (unpaired) electrons. The Balaban J connectivity index is 2.40. The van der Waals surface area contributed by atoms with Crippen LogP contribution in [0.15, 0.2) is 36.4 Å². The highest BCUT2D eigenvalue weighted by Gasteiger charge is 2.20. The van der Waals surface area contributed by atoms with Crippen molar-refractivity contribution in [2.24, 2.45) is 0 Å². The summed E-state index contributed by atoms with van der Waals surface area (Å²) in [6, 6.07) is 12.1. The van der Waals surface area contributed by atoms with E-state index in [1.807, 2.05) is 24.3 Å². The summed E-state index contributed by atoms with van der Waals surface area (Å²) < 4.78 is 6.07. The first-order chi connectivity index (χ1) is 9.81. The molecule has 0 atom stereocenters. The predicted molar refractivity (Wildman–Crippen MR) is 94.0 cm³/mol. The number of hydrogen-bond donors (Lipinski definition) is 0. The molecule has 0 heterocycles. The Morgan fingerprint density at radius 3 is 2.29 bits per heavy atom. The van der Waals surface area contributed by atoms with Gasteiger partial charge in [0.25, 0.3) is 0 Å². The highest BCUT2D eigenvalue weighted by molar-refractivity contribution is 9.08. The molecule has 0 spiro atoms. The van der Waals surface area contributed by atoms with E-state index in [0.717, 1.165) is 16.6 Å². The van der Waals surface area contributed by atoms with E-state index in [-0.39, 0.29) is 5.41 Å². The Labute approximate surface area is 140 Å². The molecule has 0 bridgehead atoms. The summed E-state index contributed by atoms with van der Waals surface area (Å²) in [6.45, 7) is 8.65. The summed E-state index contributed by atoms with van der Waals surface area (Å²) in [5.74, 6) is 1.55. The van der Waals surface area contributed by atoms with Gasteiger partial charge in [-0.1, -0.05) is 72.1 Å². The van der Waals surface area contributed by atoms with Gasteiger partial charge in [0, 0.05) is 10.9 Å². The van der Waals surface area contributed by atoms with E-state index >= 15 is 0 Å². The quantitative estimate of drug-likeness (QED) is 0.553. The molecule has 0 fully saturated rings. The van der Waals surface area contributed by atoms with Gasteiger partial charge < -0.3 is 4.74 Å². The molecular weight excluding hydrogens is 348 g/mol. The molecule has 0 saturated carbocycles. The monoisotopic (exact) mass is 366 g/mol. The van der Waals surface area contributed by atoms with Crippen LogP contribution in [0.1, 0.15) is 37.5 Å². The van der Waals surface area contributed by atoms with Gasteiger partial charge in [-0.15, -0.1) is 0 Å². The van der Waals surface area contributed by atoms with E-state index in [9.17, 15) is 0 Å². The smallest absolute Gasteiger partial charge is 0.146 e. The fourth-order valence-corrected chi connectivity index (χ4v) is 2.74. The molecule has 21 heavy (non-hydrogen) atoms. The Bertz CT molecular complexity index is 644. The third kappa shape index (κ3) is 4.02. The second kappa shape index (κ2) is 6.41. The van der Waals surface area contributed by atoms with Gasteiger partial charge in [-0.25, -0.2) is 0 Å². The zero-order valence-corrected chi connectivity index (χ0v) is 15.2. The van der Waals surface area contributed by atoms with Crippen molar-refractivity contribution < 1.29 is 4.74 Å². The van der Waals surface area contributed by atoms with E-state index in [1.165, 1.54) is 11.1 Å². The summed E-state index contributed by atoms with van der Waals surface area (Å²) in [6.07, 6.45) is 0. The number of ether oxygens (including phenoxy) is 1. The average Bonchev–Trinajstić information content (AvgIpc) is 2.41. The first-order valence-electron chi connectivity index (χ1n) is 6.94. The molecule has 0 saturated heterocycles. The fraction of sp³-hybridized carbons (Fsp3) is 0.333. The van der Waals surface area contributed by atoms with E-state index in [1.54, 1.807) is 0 Å². The Hall–Kier alpha value is -0.990. The Morgan fingerprint density at radius 2 is 1.71 bits per heavy atom. The zero-order chi connectivity index (χ0) is 15.6. The van der Waals surface area contributed by atoms with Crippen LogP contribution < -0.4 is 4.74 Å². The molecule has 0 N–H and O–H groups in total. The molecule has 3 heteroatoms. The van der Waals surface area contributed by atoms with Crippen molar-refractivity contribution in [2.45, 2.75) is 38.4 Å². The molecule has 0 amide bonds. The van der Waals surface area contributed by atoms with Gasteiger partial charge in [0.15, 0.2) is 0 Å². The molecular formula is C18H20BrClO. The van der Waals surface area contributed by atoms with Gasteiger partial charge >= 0.3 is 0 Å². The van der Waals surface area contributed by atoms with Crippen molar-refractivity contribution in [3.63, 3.8) is 0 Å². The summed E-state index contributed by atoms with van der Waals surface area (Å²) in [7, 11) is 0. The van der Waals surface area contributed by atoms with Crippen LogP contribution in [0.5, 0.6) is 11.5 Å². The lowest BCUT2D eigenvalue weighted by molar-refractivity contribution is 0.455. The first kappa shape index (κ1) is 16.4. The van der Waals surface area contributed by atoms with Gasteiger partial charge in [0.2, 0.25) is 0 Å². The molecule has 0 aliphatic carbocycles. The first-order valence-corrected chi connectivity index (χ1v) is 8.44. The van der Waals surface area contributed by atoms with Crippen molar-refractivity contribution in [2.75, 3.05) is 0 Å². The largest absolute Gasteiger partial charge is 0.455 e. The topological polar surface area (TPSA) is 9.23 Å². The van der Waals surface area contributed by atoms with E-state index in [0.29, 0.717) is 10.8 Å². The minimum atomic E-state index is 0.0175. The van der Waals surface area contributed by atoms with Crippen LogP contribution in [0, 0.1) is 6.92 Å². The van der Waals surface area contributed by atoms with Crippen LogP contribution in [-0.4, -0.2) is 0 Å². The second-order valence-electron chi connectivity index (χ2n) is 6.25. The van der Waals surface area contributed by atoms with Gasteiger partial charge in [-0.2, -0.15) is 0 Å². The van der Waals surface area contributed by atoms with Crippen LogP contribution in [0.4, 0.5) is 0 Å². The van der Waals surface area contributed by atoms with E-state index in [2.05, 4.69) is 55.8 Å². The summed E-state index contributed by atoms with van der Waals surface area (Å²) in [5.41, 5.74) is 3.56. The van der Waals surface area contributed by atoms with Crippen LogP contribution >= 0.6 is 27.5 Å². The second-order valence-corrected chi connectivity index (χ2v) is 7.22. The van der Waals surface area contributed by atoms with Gasteiger partial charge in [-0.05, 0) is 36.1 Å². The standard InChI is InChI=1S/C18H20BrClO/c1-12-5-7-16(14(9-12)18(2,3)4)21-17-8-6-13(11-19)10-15(17)20/h5-10H,11H2,1-4H3. The average molecular weight is 368 g/mol. The summed E-state index contributed by atoms with van der Waals surface area (Å²) in [4.78, 5) is 0. The van der Waals surface area contributed by atoms with Gasteiger partial charge in [0.1, 0.15) is 11.5 Å². The van der Waals surface area contributed by atoms with E-state index < -0.39 is 0 Å². The number of alkyl halides is 1. The molecule has 0 unspecified atom stereocenters. The van der Waals surface area contributed by atoms with Crippen LogP contribution in [0.2, 0.25) is 5.02 Å². The Morgan fingerprint density at radius 1 is 1.05 bits per heavy atom. The number of aryl methyl sites for hydroxylation is 1. The summed E-state index contributed by atoms with van der Waals surface area (Å²) in [5, 5.41) is 1.41. The highest BCUT2D eigenvalue weighted by Crippen LogP contribution is 2.37. The van der Waals surface area contributed by atoms with Crippen LogP contribution in [0.25, 0.3) is 0 Å². The van der Waals surface area contributed by atoms with Crippen molar-refractivity contribution in [1.29, 1.82) is 0 Å². The molecule has 2 rings (SSSR count). The lowest BCUT2D eigenvalue weighted by Gasteiger charge is -2.23. The number of hydrogen-bond acceptors (Lipinski definition) is 1. The fourth-order valence-electron chi connectivity index (χ4n) is 2.15. The van der Waals surface area contributed by atoms with Gasteiger partial charge in [0.05, 0.1) is 5.02 Å². The Kier molecular flexibility index (Phi) is 5.00. The lowest BCUT2D eigenvalue weighted by Crippen LogP contribution is -2.12. The number of benzene rings is 2. The minimum absolute atomic E-state index is 0.0175. The summed E-state index contributed by atoms with van der Waals surface area (Å²) >= 11 is 9.74. The maximum atomic E-state index is 6.31. The molecule has 0 aliphatic rings. The molecule has 2 aromatic carbocycles. The molecule has 0 aliphatic heterocycles. The molecule has 1 nitrogen and oxygen atoms in total. The van der Waals surface area contributed by atoms with Crippen molar-refractivity contribution in [3.05, 3.63) is 58.1 Å².